The Labute approximate surface area is 321 Å². The van der Waals surface area contributed by atoms with Crippen LogP contribution in [0.1, 0.15) is 123 Å². The highest BCUT2D eigenvalue weighted by Crippen LogP contribution is 2.43. The van der Waals surface area contributed by atoms with Crippen LogP contribution in [0.15, 0.2) is 48.6 Å². The summed E-state index contributed by atoms with van der Waals surface area (Å²) in [6.07, 6.45) is 27.3. The Morgan fingerprint density at radius 1 is 0.830 bits per heavy atom. The summed E-state index contributed by atoms with van der Waals surface area (Å²) in [6, 6.07) is -0.994. The van der Waals surface area contributed by atoms with Gasteiger partial charge in [0.25, 0.3) is 0 Å². The molecule has 1 amide bonds. The third kappa shape index (κ3) is 25.2. The average Bonchev–Trinajstić information content (AvgIpc) is 3.36. The van der Waals surface area contributed by atoms with E-state index in [0.717, 1.165) is 57.8 Å². The van der Waals surface area contributed by atoms with E-state index in [1.54, 1.807) is 24.3 Å². The number of likely N-dealkylation sites (N-methyl/N-ethyl adjacent to an activating group) is 1. The molecule has 1 aliphatic rings. The molecule has 0 heterocycles. The van der Waals surface area contributed by atoms with Gasteiger partial charge in [0.2, 0.25) is 5.91 Å². The average molecular weight is 772 g/mol. The molecule has 0 spiro atoms. The van der Waals surface area contributed by atoms with Crippen molar-refractivity contribution in [1.82, 2.24) is 5.32 Å². The predicted octanol–water partition coefficient (Wildman–Crippen LogP) is 6.90. The van der Waals surface area contributed by atoms with Gasteiger partial charge in [-0.1, -0.05) is 114 Å². The van der Waals surface area contributed by atoms with Gasteiger partial charge in [-0.25, -0.2) is 4.57 Å². The molecule has 1 fully saturated rings. The van der Waals surface area contributed by atoms with Crippen molar-refractivity contribution in [3.05, 3.63) is 48.6 Å². The molecule has 6 N–H and O–H groups in total. The van der Waals surface area contributed by atoms with Gasteiger partial charge in [0, 0.05) is 18.8 Å². The van der Waals surface area contributed by atoms with Crippen LogP contribution in [0.3, 0.4) is 0 Å². The Morgan fingerprint density at radius 2 is 1.49 bits per heavy atom. The van der Waals surface area contributed by atoms with Crippen LogP contribution in [-0.2, 0) is 18.4 Å². The number of phosphoric acid groups is 1. The molecule has 0 aliphatic heterocycles. The van der Waals surface area contributed by atoms with E-state index in [0.29, 0.717) is 23.9 Å². The first-order valence-electron chi connectivity index (χ1n) is 20.3. The van der Waals surface area contributed by atoms with Crippen molar-refractivity contribution in [2.45, 2.75) is 153 Å². The van der Waals surface area contributed by atoms with Crippen LogP contribution in [-0.4, -0.2) is 107 Å². The van der Waals surface area contributed by atoms with Gasteiger partial charge in [0.05, 0.1) is 58.2 Å². The molecule has 0 aromatic heterocycles. The summed E-state index contributed by atoms with van der Waals surface area (Å²) >= 11 is 0. The molecule has 12 heteroatoms. The maximum absolute atomic E-state index is 13.0. The maximum Gasteiger partial charge on any atom is 0.472 e. The van der Waals surface area contributed by atoms with Crippen molar-refractivity contribution in [2.24, 2.45) is 11.8 Å². The summed E-state index contributed by atoms with van der Waals surface area (Å²) in [4.78, 5) is 23.2. The molecule has 8 atom stereocenters. The van der Waals surface area contributed by atoms with Crippen LogP contribution in [0.4, 0.5) is 0 Å². The number of unbranched alkanes of at least 4 members (excludes halogenated alkanes) is 10. The van der Waals surface area contributed by atoms with Crippen molar-refractivity contribution in [2.75, 3.05) is 40.9 Å². The van der Waals surface area contributed by atoms with E-state index in [1.807, 2.05) is 33.3 Å². The van der Waals surface area contributed by atoms with Crippen molar-refractivity contribution in [3.8, 4) is 0 Å². The summed E-state index contributed by atoms with van der Waals surface area (Å²) in [5.41, 5.74) is 0. The molecule has 0 aromatic carbocycles. The topological polar surface area (TPSA) is 166 Å². The quantitative estimate of drug-likeness (QED) is 0.0190. The van der Waals surface area contributed by atoms with Crippen molar-refractivity contribution >= 4 is 13.7 Å². The van der Waals surface area contributed by atoms with E-state index < -0.39 is 50.8 Å². The van der Waals surface area contributed by atoms with E-state index in [-0.39, 0.29) is 31.3 Å². The lowest BCUT2D eigenvalue weighted by atomic mass is 9.89. The van der Waals surface area contributed by atoms with Gasteiger partial charge >= 0.3 is 7.82 Å². The van der Waals surface area contributed by atoms with Gasteiger partial charge in [-0.05, 0) is 50.9 Å². The van der Waals surface area contributed by atoms with Gasteiger partial charge < -0.3 is 35.1 Å². The number of amides is 1. The van der Waals surface area contributed by atoms with Crippen LogP contribution in [0.25, 0.3) is 0 Å². The monoisotopic (exact) mass is 772 g/mol. The molecule has 0 saturated heterocycles. The lowest BCUT2D eigenvalue weighted by molar-refractivity contribution is -0.870. The van der Waals surface area contributed by atoms with E-state index >= 15 is 0 Å². The second kappa shape index (κ2) is 28.7. The number of carbonyl (C=O) groups is 1. The first-order chi connectivity index (χ1) is 25.2. The Bertz CT molecular complexity index is 1120. The normalized spacial score (nSPS) is 22.7. The molecular weight excluding hydrogens is 695 g/mol. The minimum absolute atomic E-state index is 0.000465. The van der Waals surface area contributed by atoms with Gasteiger partial charge in [0.15, 0.2) is 0 Å². The lowest BCUT2D eigenvalue weighted by Crippen LogP contribution is -2.45. The minimum atomic E-state index is -4.43. The number of phosphoric ester groups is 1. The molecule has 0 bridgehead atoms. The van der Waals surface area contributed by atoms with Gasteiger partial charge in [-0.3, -0.25) is 13.8 Å². The fourth-order valence-corrected chi connectivity index (χ4v) is 6.98. The predicted molar refractivity (Wildman–Crippen MR) is 214 cm³/mol. The summed E-state index contributed by atoms with van der Waals surface area (Å²) in [5.74, 6) is -0.986. The number of nitrogens with one attached hydrogen (secondary N) is 1. The molecule has 1 rings (SSSR count). The molecule has 0 aromatic rings. The zero-order valence-corrected chi connectivity index (χ0v) is 34.5. The Balaban J connectivity index is 2.71. The zero-order valence-electron chi connectivity index (χ0n) is 33.6. The molecule has 1 aliphatic carbocycles. The molecule has 308 valence electrons. The summed E-state index contributed by atoms with van der Waals surface area (Å²) in [7, 11) is 1.36. The standard InChI is InChI=1S/C41H75N2O9P/c1-6-8-10-11-12-13-14-15-16-17-18-19-21-26-38(45)37(33-52-53(49,50)51-31-30-43(3,4)5)42-41(48)27-23-22-25-35-36(40(47)32-39(35)46)29-28-34(44)24-20-9-7-2/h10-11,21-23,26,28-29,34-40,44-47H,6-9,12-20,24-25,27,30-33H2,1-5H3,(H-,42,48,49,50)/p+1/b11-10-,23-22-,26-21+,29-28+/t34-,35+,36-,37+,38-,39+,40-/m1/s1. The van der Waals surface area contributed by atoms with Crippen LogP contribution in [0, 0.1) is 11.8 Å². The number of carbonyl (C=O) groups excluding carboxylic acids is 1. The second-order valence-electron chi connectivity index (χ2n) is 15.6. The summed E-state index contributed by atoms with van der Waals surface area (Å²) < 4.78 is 23.4. The largest absolute Gasteiger partial charge is 0.472 e. The van der Waals surface area contributed by atoms with Gasteiger partial charge in [-0.15, -0.1) is 0 Å². The fraction of sp³-hybridized carbons (Fsp3) is 0.780. The highest BCUT2D eigenvalue weighted by atomic mass is 31.2. The number of hydrogen-bond acceptors (Lipinski definition) is 8. The number of aliphatic hydroxyl groups is 4. The highest BCUT2D eigenvalue weighted by Gasteiger charge is 2.39. The van der Waals surface area contributed by atoms with Gasteiger partial charge in [0.1, 0.15) is 13.2 Å². The number of quaternary nitrogens is 1. The number of rotatable bonds is 31. The van der Waals surface area contributed by atoms with E-state index in [4.69, 9.17) is 9.05 Å². The van der Waals surface area contributed by atoms with Crippen molar-refractivity contribution in [3.63, 3.8) is 0 Å². The van der Waals surface area contributed by atoms with Crippen LogP contribution in [0.5, 0.6) is 0 Å². The van der Waals surface area contributed by atoms with Crippen molar-refractivity contribution < 1.29 is 48.2 Å². The third-order valence-electron chi connectivity index (χ3n) is 9.59. The minimum Gasteiger partial charge on any atom is -0.393 e. The fourth-order valence-electron chi connectivity index (χ4n) is 6.24. The Kier molecular flexibility index (Phi) is 26.7. The molecule has 1 saturated carbocycles. The molecule has 0 radical (unpaired) electrons. The Morgan fingerprint density at radius 3 is 2.15 bits per heavy atom. The molecule has 11 nitrogen and oxygen atoms in total. The highest BCUT2D eigenvalue weighted by molar-refractivity contribution is 7.47. The first kappa shape index (κ1) is 49.4. The maximum atomic E-state index is 13.0. The number of allylic oxidation sites excluding steroid dienone is 4. The SMILES string of the molecule is CCC/C=C\CCCCCCCC/C=C/[C@@H](O)[C@H](COP(=O)(O)OCC[N+](C)(C)C)NC(=O)C/C=C\C[C@H]1[C@@H](/C=C/[C@H](O)CCCCC)[C@H](O)C[C@@H]1O. The summed E-state index contributed by atoms with van der Waals surface area (Å²) in [6.45, 7) is 4.34. The first-order valence-corrected chi connectivity index (χ1v) is 21.8. The van der Waals surface area contributed by atoms with Crippen LogP contribution >= 0.6 is 7.82 Å². The Hall–Kier alpha value is -1.66. The second-order valence-corrected chi connectivity index (χ2v) is 17.1. The number of hydrogen-bond donors (Lipinski definition) is 6. The molecular formula is C41H76N2O9P+. The number of nitrogens with zero attached hydrogens (tertiary/aromatic N) is 1. The summed E-state index contributed by atoms with van der Waals surface area (Å²) in [5, 5.41) is 45.1. The third-order valence-corrected chi connectivity index (χ3v) is 10.6. The van der Waals surface area contributed by atoms with Gasteiger partial charge in [-0.2, -0.15) is 0 Å². The lowest BCUT2D eigenvalue weighted by Gasteiger charge is -2.25. The molecule has 53 heavy (non-hydrogen) atoms. The van der Waals surface area contributed by atoms with E-state index in [2.05, 4.69) is 31.3 Å². The van der Waals surface area contributed by atoms with Crippen LogP contribution < -0.4 is 5.32 Å². The van der Waals surface area contributed by atoms with Crippen LogP contribution in [0.2, 0.25) is 0 Å². The van der Waals surface area contributed by atoms with E-state index in [9.17, 15) is 34.7 Å². The zero-order chi connectivity index (χ0) is 39.5. The number of aliphatic hydroxyl groups excluding tert-OH is 4. The molecule has 1 unspecified atom stereocenters. The van der Waals surface area contributed by atoms with Crippen molar-refractivity contribution in [1.29, 1.82) is 0 Å². The van der Waals surface area contributed by atoms with E-state index in [1.165, 1.54) is 25.7 Å². The smallest absolute Gasteiger partial charge is 0.393 e.